The van der Waals surface area contributed by atoms with Crippen LogP contribution in [0.15, 0.2) is 24.3 Å². The summed E-state index contributed by atoms with van der Waals surface area (Å²) >= 11 is 0. The number of carbonyl (C=O) groups excluding carboxylic acids is 1. The second kappa shape index (κ2) is 7.18. The minimum absolute atomic E-state index is 0.343. The average Bonchev–Trinajstić information content (AvgIpc) is 2.22. The largest absolute Gasteiger partial charge is 0.300 e. The van der Waals surface area contributed by atoms with Gasteiger partial charge in [0.25, 0.3) is 0 Å². The number of halogens is 2. The van der Waals surface area contributed by atoms with Crippen molar-refractivity contribution in [2.24, 2.45) is 0 Å². The zero-order valence-corrected chi connectivity index (χ0v) is 8.39. The lowest BCUT2D eigenvalue weighted by Crippen LogP contribution is -1.88. The van der Waals surface area contributed by atoms with Gasteiger partial charge in [0.15, 0.2) is 0 Å². The third-order valence-corrected chi connectivity index (χ3v) is 1.59. The van der Waals surface area contributed by atoms with Gasteiger partial charge in [-0.25, -0.2) is 8.78 Å². The van der Waals surface area contributed by atoms with Crippen molar-refractivity contribution in [3.63, 3.8) is 0 Å². The molecule has 0 saturated heterocycles. The Morgan fingerprint density at radius 2 is 1.29 bits per heavy atom. The minimum Gasteiger partial charge on any atom is -0.300 e. The quantitative estimate of drug-likeness (QED) is 0.715. The Bertz CT molecular complexity index is 240. The number of hydrogen-bond donors (Lipinski definition) is 0. The molecule has 0 unspecified atom stereocenters. The first-order chi connectivity index (χ1) is 6.60. The number of benzene rings is 1. The summed E-state index contributed by atoms with van der Waals surface area (Å²) in [6.07, 6.45) is 1.38. The van der Waals surface area contributed by atoms with Gasteiger partial charge in [0, 0.05) is 12.8 Å². The van der Waals surface area contributed by atoms with Crippen molar-refractivity contribution in [3.05, 3.63) is 35.9 Å². The standard InChI is InChI=1S/C6H4F2.C5H10O/c7-5-1-2-6(8)4-3-5;1-3-5(6)4-2/h1-4H;3-4H2,1-2H3. The molecule has 0 spiro atoms. The summed E-state index contributed by atoms with van der Waals surface area (Å²) in [5.74, 6) is -0.479. The Morgan fingerprint density at radius 1 is 1.00 bits per heavy atom. The van der Waals surface area contributed by atoms with E-state index in [1.165, 1.54) is 0 Å². The van der Waals surface area contributed by atoms with Gasteiger partial charge in [0.05, 0.1) is 0 Å². The maximum Gasteiger partial charge on any atom is 0.132 e. The Balaban J connectivity index is 0.000000255. The maximum absolute atomic E-state index is 11.9. The van der Waals surface area contributed by atoms with Crippen molar-refractivity contribution < 1.29 is 13.6 Å². The van der Waals surface area contributed by atoms with Crippen LogP contribution in [0.4, 0.5) is 8.78 Å². The van der Waals surface area contributed by atoms with Gasteiger partial charge < -0.3 is 0 Å². The zero-order valence-electron chi connectivity index (χ0n) is 8.39. The van der Waals surface area contributed by atoms with Crippen molar-refractivity contribution in [1.82, 2.24) is 0 Å². The molecule has 1 rings (SSSR count). The Hall–Kier alpha value is -1.25. The predicted molar refractivity (Wildman–Crippen MR) is 51.9 cm³/mol. The molecule has 0 aliphatic rings. The molecule has 0 aliphatic carbocycles. The number of carbonyl (C=O) groups is 1. The highest BCUT2D eigenvalue weighted by molar-refractivity contribution is 5.77. The molecule has 0 aliphatic heterocycles. The number of hydrogen-bond acceptors (Lipinski definition) is 1. The second-order valence-corrected chi connectivity index (χ2v) is 2.68. The van der Waals surface area contributed by atoms with Gasteiger partial charge in [0.2, 0.25) is 0 Å². The summed E-state index contributed by atoms with van der Waals surface area (Å²) in [4.78, 5) is 10.2. The topological polar surface area (TPSA) is 17.1 Å². The molecular weight excluding hydrogens is 186 g/mol. The molecule has 0 bridgehead atoms. The van der Waals surface area contributed by atoms with Gasteiger partial charge in [-0.1, -0.05) is 13.8 Å². The highest BCUT2D eigenvalue weighted by atomic mass is 19.1. The van der Waals surface area contributed by atoms with E-state index in [-0.39, 0.29) is 0 Å². The lowest BCUT2D eigenvalue weighted by molar-refractivity contribution is -0.118. The highest BCUT2D eigenvalue weighted by Crippen LogP contribution is 1.98. The number of Topliss-reactive ketones (excluding diaryl/α,β-unsaturated/α-hetero) is 1. The fraction of sp³-hybridized carbons (Fsp3) is 0.364. The van der Waals surface area contributed by atoms with Crippen molar-refractivity contribution in [2.45, 2.75) is 26.7 Å². The Morgan fingerprint density at radius 3 is 1.43 bits per heavy atom. The summed E-state index contributed by atoms with van der Waals surface area (Å²) in [6, 6.07) is 4.31. The fourth-order valence-corrected chi connectivity index (χ4v) is 0.680. The van der Waals surface area contributed by atoms with E-state index in [1.54, 1.807) is 0 Å². The molecule has 0 amide bonds. The van der Waals surface area contributed by atoms with Gasteiger partial charge >= 0.3 is 0 Å². The van der Waals surface area contributed by atoms with Crippen LogP contribution in [0.25, 0.3) is 0 Å². The van der Waals surface area contributed by atoms with Crippen molar-refractivity contribution >= 4 is 5.78 Å². The van der Waals surface area contributed by atoms with E-state index < -0.39 is 11.6 Å². The third kappa shape index (κ3) is 6.29. The summed E-state index contributed by atoms with van der Waals surface area (Å²) in [5, 5.41) is 0. The van der Waals surface area contributed by atoms with Crippen LogP contribution in [0.2, 0.25) is 0 Å². The van der Waals surface area contributed by atoms with Crippen LogP contribution >= 0.6 is 0 Å². The molecule has 0 saturated carbocycles. The molecule has 0 fully saturated rings. The molecule has 0 radical (unpaired) electrons. The smallest absolute Gasteiger partial charge is 0.132 e. The summed E-state index contributed by atoms with van der Waals surface area (Å²) in [6.45, 7) is 3.76. The van der Waals surface area contributed by atoms with Crippen molar-refractivity contribution in [2.75, 3.05) is 0 Å². The second-order valence-electron chi connectivity index (χ2n) is 2.68. The molecule has 78 valence electrons. The molecular formula is C11H14F2O. The van der Waals surface area contributed by atoms with Crippen molar-refractivity contribution in [1.29, 1.82) is 0 Å². The molecule has 0 aromatic heterocycles. The van der Waals surface area contributed by atoms with Gasteiger partial charge in [0.1, 0.15) is 17.4 Å². The van der Waals surface area contributed by atoms with Crippen LogP contribution in [0.3, 0.4) is 0 Å². The monoisotopic (exact) mass is 200 g/mol. The molecule has 1 nitrogen and oxygen atoms in total. The molecule has 0 N–H and O–H groups in total. The Labute approximate surface area is 82.8 Å². The molecule has 1 aromatic rings. The van der Waals surface area contributed by atoms with Gasteiger partial charge in [-0.3, -0.25) is 4.79 Å². The van der Waals surface area contributed by atoms with E-state index >= 15 is 0 Å². The van der Waals surface area contributed by atoms with Crippen LogP contribution in [0.5, 0.6) is 0 Å². The first-order valence-electron chi connectivity index (χ1n) is 4.52. The summed E-state index contributed by atoms with van der Waals surface area (Å²) in [7, 11) is 0. The highest BCUT2D eigenvalue weighted by Gasteiger charge is 1.87. The van der Waals surface area contributed by atoms with Crippen LogP contribution in [0, 0.1) is 11.6 Å². The number of rotatable bonds is 2. The predicted octanol–water partition coefficient (Wildman–Crippen LogP) is 3.34. The van der Waals surface area contributed by atoms with Crippen LogP contribution in [-0.2, 0) is 4.79 Å². The van der Waals surface area contributed by atoms with E-state index in [4.69, 9.17) is 0 Å². The molecule has 14 heavy (non-hydrogen) atoms. The third-order valence-electron chi connectivity index (χ3n) is 1.59. The SMILES string of the molecule is CCC(=O)CC.Fc1ccc(F)cc1. The minimum atomic E-state index is -0.411. The van der Waals surface area contributed by atoms with E-state index in [0.29, 0.717) is 18.6 Å². The lowest BCUT2D eigenvalue weighted by Gasteiger charge is -1.83. The molecule has 0 atom stereocenters. The van der Waals surface area contributed by atoms with E-state index in [0.717, 1.165) is 24.3 Å². The molecule has 1 aromatic carbocycles. The normalized spacial score (nSPS) is 8.86. The van der Waals surface area contributed by atoms with E-state index in [9.17, 15) is 13.6 Å². The van der Waals surface area contributed by atoms with E-state index in [1.807, 2.05) is 13.8 Å². The fourth-order valence-electron chi connectivity index (χ4n) is 0.680. The average molecular weight is 200 g/mol. The van der Waals surface area contributed by atoms with Crippen LogP contribution in [-0.4, -0.2) is 5.78 Å². The summed E-state index contributed by atoms with van der Waals surface area (Å²) in [5.41, 5.74) is 0. The molecule has 0 heterocycles. The molecule has 3 heteroatoms. The number of ketones is 1. The first-order valence-corrected chi connectivity index (χ1v) is 4.52. The van der Waals surface area contributed by atoms with E-state index in [2.05, 4.69) is 0 Å². The first kappa shape index (κ1) is 12.8. The van der Waals surface area contributed by atoms with Crippen LogP contribution in [0.1, 0.15) is 26.7 Å². The van der Waals surface area contributed by atoms with Crippen LogP contribution < -0.4 is 0 Å². The Kier molecular flexibility index (Phi) is 6.54. The van der Waals surface area contributed by atoms with Gasteiger partial charge in [-0.2, -0.15) is 0 Å². The summed E-state index contributed by atoms with van der Waals surface area (Å²) < 4.78 is 23.8. The van der Waals surface area contributed by atoms with Gasteiger partial charge in [-0.15, -0.1) is 0 Å². The lowest BCUT2D eigenvalue weighted by atomic mass is 10.3. The van der Waals surface area contributed by atoms with Gasteiger partial charge in [-0.05, 0) is 24.3 Å². The zero-order chi connectivity index (χ0) is 11.0. The maximum atomic E-state index is 11.9. The van der Waals surface area contributed by atoms with Crippen molar-refractivity contribution in [3.8, 4) is 0 Å².